The SMILES string of the molecule is CCNC(=NCCCCN(CC)CC)N1CCN(Cc2ccon2)CC1.I. The minimum absolute atomic E-state index is 0. The smallest absolute Gasteiger partial charge is 0.194 e. The highest BCUT2D eigenvalue weighted by Crippen LogP contribution is 2.07. The van der Waals surface area contributed by atoms with Crippen molar-refractivity contribution in [2.45, 2.75) is 40.2 Å². The van der Waals surface area contributed by atoms with Crippen LogP contribution in [0.5, 0.6) is 0 Å². The number of guanidine groups is 1. The summed E-state index contributed by atoms with van der Waals surface area (Å²) in [5, 5.41) is 7.46. The van der Waals surface area contributed by atoms with Gasteiger partial charge in [-0.25, -0.2) is 0 Å². The molecular weight excluding hydrogens is 455 g/mol. The fourth-order valence-electron chi connectivity index (χ4n) is 3.26. The first-order valence-electron chi connectivity index (χ1n) is 10.1. The standard InChI is InChI=1S/C19H36N6O.HI/c1-4-20-19(21-10-7-8-11-23(5-2)6-3)25-14-12-24(13-15-25)17-18-9-16-26-22-18;/h9,16H,4-8,10-15,17H2,1-3H3,(H,20,21);1H. The predicted octanol–water partition coefficient (Wildman–Crippen LogP) is 2.50. The van der Waals surface area contributed by atoms with Crippen molar-refractivity contribution in [1.82, 2.24) is 25.2 Å². The second-order valence-electron chi connectivity index (χ2n) is 6.72. The number of rotatable bonds is 10. The van der Waals surface area contributed by atoms with Crippen LogP contribution in [-0.4, -0.2) is 84.7 Å². The van der Waals surface area contributed by atoms with E-state index < -0.39 is 0 Å². The summed E-state index contributed by atoms with van der Waals surface area (Å²) in [6, 6.07) is 1.94. The number of unbranched alkanes of at least 4 members (excludes halogenated alkanes) is 1. The molecule has 0 bridgehead atoms. The first kappa shape index (κ1) is 24.2. The van der Waals surface area contributed by atoms with Crippen molar-refractivity contribution >= 4 is 29.9 Å². The lowest BCUT2D eigenvalue weighted by Crippen LogP contribution is -2.52. The van der Waals surface area contributed by atoms with Gasteiger partial charge >= 0.3 is 0 Å². The average Bonchev–Trinajstić information content (AvgIpc) is 3.17. The molecule has 0 spiro atoms. The third-order valence-electron chi connectivity index (χ3n) is 4.92. The molecular formula is C19H37IN6O. The van der Waals surface area contributed by atoms with Crippen LogP contribution in [0.4, 0.5) is 0 Å². The minimum Gasteiger partial charge on any atom is -0.364 e. The molecule has 0 amide bonds. The minimum atomic E-state index is 0. The number of aromatic nitrogens is 1. The van der Waals surface area contributed by atoms with Crippen molar-refractivity contribution in [3.05, 3.63) is 18.0 Å². The van der Waals surface area contributed by atoms with E-state index in [1.165, 1.54) is 13.0 Å². The topological polar surface area (TPSA) is 60.1 Å². The molecule has 1 fully saturated rings. The monoisotopic (exact) mass is 492 g/mol. The average molecular weight is 492 g/mol. The summed E-state index contributed by atoms with van der Waals surface area (Å²) in [6.07, 6.45) is 4.01. The van der Waals surface area contributed by atoms with Gasteiger partial charge in [-0.2, -0.15) is 0 Å². The number of halogens is 1. The van der Waals surface area contributed by atoms with Crippen LogP contribution in [0, 0.1) is 0 Å². The van der Waals surface area contributed by atoms with Crippen LogP contribution in [0.1, 0.15) is 39.3 Å². The van der Waals surface area contributed by atoms with E-state index in [2.05, 4.69) is 45.9 Å². The van der Waals surface area contributed by atoms with E-state index in [4.69, 9.17) is 9.52 Å². The number of nitrogens with zero attached hydrogens (tertiary/aromatic N) is 5. The molecule has 0 radical (unpaired) electrons. The van der Waals surface area contributed by atoms with Gasteiger partial charge in [-0.1, -0.05) is 19.0 Å². The van der Waals surface area contributed by atoms with Gasteiger partial charge < -0.3 is 19.6 Å². The van der Waals surface area contributed by atoms with Gasteiger partial charge in [0.2, 0.25) is 0 Å². The Kier molecular flexibility index (Phi) is 12.7. The molecule has 156 valence electrons. The molecule has 27 heavy (non-hydrogen) atoms. The molecule has 0 saturated carbocycles. The van der Waals surface area contributed by atoms with Gasteiger partial charge in [0.1, 0.15) is 6.26 Å². The number of aliphatic imine (C=N–C) groups is 1. The molecule has 0 aliphatic carbocycles. The summed E-state index contributed by atoms with van der Waals surface area (Å²) in [5.41, 5.74) is 1.01. The zero-order valence-electron chi connectivity index (χ0n) is 17.2. The van der Waals surface area contributed by atoms with Crippen LogP contribution in [0.3, 0.4) is 0 Å². The zero-order valence-corrected chi connectivity index (χ0v) is 19.5. The predicted molar refractivity (Wildman–Crippen MR) is 122 cm³/mol. The van der Waals surface area contributed by atoms with Gasteiger partial charge in [-0.05, 0) is 39.4 Å². The summed E-state index contributed by atoms with van der Waals surface area (Å²) in [5.74, 6) is 1.07. The third-order valence-corrected chi connectivity index (χ3v) is 4.92. The van der Waals surface area contributed by atoms with Gasteiger partial charge in [0, 0.05) is 51.9 Å². The Morgan fingerprint density at radius 2 is 1.93 bits per heavy atom. The Hall–Kier alpha value is -0.870. The maximum atomic E-state index is 4.92. The highest BCUT2D eigenvalue weighted by atomic mass is 127. The van der Waals surface area contributed by atoms with Crippen molar-refractivity contribution in [3.63, 3.8) is 0 Å². The van der Waals surface area contributed by atoms with Gasteiger partial charge in [0.25, 0.3) is 0 Å². The van der Waals surface area contributed by atoms with Crippen LogP contribution in [0.2, 0.25) is 0 Å². The van der Waals surface area contributed by atoms with Crippen molar-refractivity contribution in [1.29, 1.82) is 0 Å². The maximum Gasteiger partial charge on any atom is 0.194 e. The molecule has 1 aromatic rings. The fraction of sp³-hybridized carbons (Fsp3) is 0.789. The lowest BCUT2D eigenvalue weighted by molar-refractivity contribution is 0.169. The van der Waals surface area contributed by atoms with Gasteiger partial charge in [-0.3, -0.25) is 9.89 Å². The molecule has 0 atom stereocenters. The largest absolute Gasteiger partial charge is 0.364 e. The summed E-state index contributed by atoms with van der Waals surface area (Å²) >= 11 is 0. The molecule has 0 aromatic carbocycles. The Morgan fingerprint density at radius 3 is 2.52 bits per heavy atom. The van der Waals surface area contributed by atoms with Crippen LogP contribution in [-0.2, 0) is 6.54 Å². The summed E-state index contributed by atoms with van der Waals surface area (Å²) in [4.78, 5) is 12.1. The molecule has 2 heterocycles. The molecule has 1 aromatic heterocycles. The Balaban J connectivity index is 0.00000364. The van der Waals surface area contributed by atoms with Crippen LogP contribution in [0.25, 0.3) is 0 Å². The van der Waals surface area contributed by atoms with E-state index in [0.717, 1.165) is 77.0 Å². The van der Waals surface area contributed by atoms with E-state index in [1.807, 2.05) is 6.07 Å². The van der Waals surface area contributed by atoms with Crippen molar-refractivity contribution in [3.8, 4) is 0 Å². The maximum absolute atomic E-state index is 4.92. The van der Waals surface area contributed by atoms with E-state index in [9.17, 15) is 0 Å². The summed E-state index contributed by atoms with van der Waals surface area (Å²) < 4.78 is 4.92. The van der Waals surface area contributed by atoms with E-state index in [0.29, 0.717) is 0 Å². The van der Waals surface area contributed by atoms with Crippen molar-refractivity contribution in [2.24, 2.45) is 4.99 Å². The molecule has 0 unspecified atom stereocenters. The second-order valence-corrected chi connectivity index (χ2v) is 6.72. The molecule has 1 saturated heterocycles. The quantitative estimate of drug-likeness (QED) is 0.235. The van der Waals surface area contributed by atoms with Gasteiger partial charge in [0.15, 0.2) is 5.96 Å². The number of piperazine rings is 1. The Morgan fingerprint density at radius 1 is 1.19 bits per heavy atom. The highest BCUT2D eigenvalue weighted by molar-refractivity contribution is 14.0. The zero-order chi connectivity index (χ0) is 18.6. The highest BCUT2D eigenvalue weighted by Gasteiger charge is 2.20. The van der Waals surface area contributed by atoms with E-state index >= 15 is 0 Å². The van der Waals surface area contributed by atoms with E-state index in [-0.39, 0.29) is 24.0 Å². The fourth-order valence-corrected chi connectivity index (χ4v) is 3.26. The molecule has 1 aliphatic heterocycles. The van der Waals surface area contributed by atoms with E-state index in [1.54, 1.807) is 6.26 Å². The normalized spacial score (nSPS) is 15.9. The second kappa shape index (κ2) is 14.2. The van der Waals surface area contributed by atoms with Crippen LogP contribution in [0.15, 0.2) is 21.8 Å². The lowest BCUT2D eigenvalue weighted by atomic mass is 10.3. The first-order valence-corrected chi connectivity index (χ1v) is 10.1. The molecule has 8 heteroatoms. The number of hydrogen-bond acceptors (Lipinski definition) is 5. The molecule has 7 nitrogen and oxygen atoms in total. The molecule has 1 aliphatic rings. The first-order chi connectivity index (χ1) is 12.8. The number of nitrogens with one attached hydrogen (secondary N) is 1. The van der Waals surface area contributed by atoms with Crippen LogP contribution >= 0.6 is 24.0 Å². The van der Waals surface area contributed by atoms with Gasteiger partial charge in [0.05, 0.1) is 5.69 Å². The van der Waals surface area contributed by atoms with Crippen molar-refractivity contribution < 1.29 is 4.52 Å². The molecule has 1 N–H and O–H groups in total. The lowest BCUT2D eigenvalue weighted by Gasteiger charge is -2.36. The van der Waals surface area contributed by atoms with Gasteiger partial charge in [-0.15, -0.1) is 24.0 Å². The Bertz CT molecular complexity index is 498. The Labute approximate surface area is 181 Å². The third kappa shape index (κ3) is 8.78. The summed E-state index contributed by atoms with van der Waals surface area (Å²) in [6.45, 7) is 16.8. The summed E-state index contributed by atoms with van der Waals surface area (Å²) in [7, 11) is 0. The van der Waals surface area contributed by atoms with Crippen molar-refractivity contribution in [2.75, 3.05) is 58.9 Å². The van der Waals surface area contributed by atoms with Crippen LogP contribution < -0.4 is 5.32 Å². The number of hydrogen-bond donors (Lipinski definition) is 1. The molecule has 2 rings (SSSR count).